The van der Waals surface area contributed by atoms with Gasteiger partial charge in [-0.05, 0) is 59.7 Å². The Kier molecular flexibility index (Phi) is 9.65. The molecule has 0 unspecified atom stereocenters. The number of carbonyl (C=O) groups is 2. The summed E-state index contributed by atoms with van der Waals surface area (Å²) in [7, 11) is 0. The highest BCUT2D eigenvalue weighted by molar-refractivity contribution is 5.81. The molecule has 0 aromatic heterocycles. The van der Waals surface area contributed by atoms with Crippen molar-refractivity contribution in [3.63, 3.8) is 0 Å². The van der Waals surface area contributed by atoms with Crippen LogP contribution in [0.1, 0.15) is 11.1 Å². The SMILES string of the molecule is C=COc1ccc(N(c2ccc(CCOC(=O)C=C)cc2)c2ccc(CCOC(=O)C=C)cc2)cc1. The first-order chi connectivity index (χ1) is 17.5. The molecule has 0 spiro atoms. The Labute approximate surface area is 211 Å². The predicted octanol–water partition coefficient (Wildman–Crippen LogP) is 6.22. The van der Waals surface area contributed by atoms with Crippen molar-refractivity contribution >= 4 is 29.0 Å². The van der Waals surface area contributed by atoms with Gasteiger partial charge in [0.15, 0.2) is 0 Å². The molecule has 3 aromatic carbocycles. The summed E-state index contributed by atoms with van der Waals surface area (Å²) in [6, 6.07) is 23.9. The lowest BCUT2D eigenvalue weighted by atomic mass is 10.1. The third kappa shape index (κ3) is 7.46. The van der Waals surface area contributed by atoms with E-state index in [4.69, 9.17) is 14.2 Å². The van der Waals surface area contributed by atoms with Crippen LogP contribution in [0.25, 0.3) is 0 Å². The number of carbonyl (C=O) groups excluding carboxylic acids is 2. The van der Waals surface area contributed by atoms with Gasteiger partial charge < -0.3 is 19.1 Å². The summed E-state index contributed by atoms with van der Waals surface area (Å²) < 4.78 is 15.5. The third-order valence-corrected chi connectivity index (χ3v) is 5.31. The van der Waals surface area contributed by atoms with E-state index >= 15 is 0 Å². The highest BCUT2D eigenvalue weighted by Crippen LogP contribution is 2.35. The van der Waals surface area contributed by atoms with Crippen molar-refractivity contribution in [2.75, 3.05) is 18.1 Å². The van der Waals surface area contributed by atoms with Crippen molar-refractivity contribution in [1.29, 1.82) is 0 Å². The molecule has 0 fully saturated rings. The van der Waals surface area contributed by atoms with Crippen LogP contribution >= 0.6 is 0 Å². The van der Waals surface area contributed by atoms with Gasteiger partial charge in [0.2, 0.25) is 0 Å². The normalized spacial score (nSPS) is 10.1. The summed E-state index contributed by atoms with van der Waals surface area (Å²) >= 11 is 0. The Morgan fingerprint density at radius 1 is 0.639 bits per heavy atom. The van der Waals surface area contributed by atoms with Crippen LogP contribution in [0.5, 0.6) is 5.75 Å². The zero-order chi connectivity index (χ0) is 25.8. The summed E-state index contributed by atoms with van der Waals surface area (Å²) in [4.78, 5) is 24.7. The number of ether oxygens (including phenoxy) is 3. The van der Waals surface area contributed by atoms with Gasteiger partial charge in [0.1, 0.15) is 5.75 Å². The van der Waals surface area contributed by atoms with Crippen molar-refractivity contribution in [1.82, 2.24) is 0 Å². The van der Waals surface area contributed by atoms with Crippen LogP contribution in [-0.4, -0.2) is 25.2 Å². The molecule has 0 bridgehead atoms. The molecule has 0 saturated heterocycles. The van der Waals surface area contributed by atoms with Crippen molar-refractivity contribution in [2.45, 2.75) is 12.8 Å². The molecular weight excluding hydrogens is 454 g/mol. The second-order valence-electron chi connectivity index (χ2n) is 7.69. The maximum Gasteiger partial charge on any atom is 0.330 e. The molecule has 0 radical (unpaired) electrons. The Morgan fingerprint density at radius 2 is 1.03 bits per heavy atom. The molecule has 6 heteroatoms. The Balaban J connectivity index is 1.81. The average molecular weight is 484 g/mol. The largest absolute Gasteiger partial charge is 0.466 e. The summed E-state index contributed by atoms with van der Waals surface area (Å²) in [6.45, 7) is 11.0. The molecule has 0 saturated carbocycles. The minimum atomic E-state index is -0.427. The molecule has 0 heterocycles. The molecular formula is C30H29NO5. The van der Waals surface area contributed by atoms with Gasteiger partial charge in [-0.25, -0.2) is 9.59 Å². The Hall–Kier alpha value is -4.58. The van der Waals surface area contributed by atoms with Gasteiger partial charge in [-0.15, -0.1) is 0 Å². The molecule has 0 N–H and O–H groups in total. The Bertz CT molecular complexity index is 1110. The monoisotopic (exact) mass is 483 g/mol. The molecule has 3 aromatic rings. The lowest BCUT2D eigenvalue weighted by Crippen LogP contribution is -2.10. The number of esters is 2. The van der Waals surface area contributed by atoms with E-state index in [0.29, 0.717) is 31.8 Å². The Morgan fingerprint density at radius 3 is 1.39 bits per heavy atom. The fourth-order valence-corrected chi connectivity index (χ4v) is 3.50. The van der Waals surface area contributed by atoms with E-state index < -0.39 is 11.9 Å². The maximum absolute atomic E-state index is 11.3. The smallest absolute Gasteiger partial charge is 0.330 e. The second-order valence-corrected chi connectivity index (χ2v) is 7.69. The van der Waals surface area contributed by atoms with E-state index in [9.17, 15) is 9.59 Å². The van der Waals surface area contributed by atoms with Crippen molar-refractivity contribution in [2.24, 2.45) is 0 Å². The van der Waals surface area contributed by atoms with E-state index in [1.807, 2.05) is 72.8 Å². The summed E-state index contributed by atoms with van der Waals surface area (Å²) in [6.07, 6.45) is 4.93. The first-order valence-electron chi connectivity index (χ1n) is 11.5. The second kappa shape index (κ2) is 13.3. The van der Waals surface area contributed by atoms with Crippen LogP contribution in [0.2, 0.25) is 0 Å². The highest BCUT2D eigenvalue weighted by atomic mass is 16.5. The van der Waals surface area contributed by atoms with Gasteiger partial charge in [0, 0.05) is 42.1 Å². The third-order valence-electron chi connectivity index (χ3n) is 5.31. The fraction of sp³-hybridized carbons (Fsp3) is 0.133. The minimum Gasteiger partial charge on any atom is -0.466 e. The molecule has 3 rings (SSSR count). The zero-order valence-corrected chi connectivity index (χ0v) is 20.1. The number of hydrogen-bond acceptors (Lipinski definition) is 6. The van der Waals surface area contributed by atoms with Gasteiger partial charge in [-0.1, -0.05) is 44.0 Å². The van der Waals surface area contributed by atoms with E-state index in [2.05, 4.69) is 24.6 Å². The van der Waals surface area contributed by atoms with Crippen molar-refractivity contribution < 1.29 is 23.8 Å². The van der Waals surface area contributed by atoms with Crippen LogP contribution in [-0.2, 0) is 31.9 Å². The van der Waals surface area contributed by atoms with Gasteiger partial charge >= 0.3 is 11.9 Å². The zero-order valence-electron chi connectivity index (χ0n) is 20.1. The average Bonchev–Trinajstić information content (AvgIpc) is 2.91. The number of rotatable bonds is 13. The summed E-state index contributed by atoms with van der Waals surface area (Å²) in [5, 5.41) is 0. The van der Waals surface area contributed by atoms with Gasteiger partial charge in [0.05, 0.1) is 19.5 Å². The van der Waals surface area contributed by atoms with Crippen LogP contribution in [0, 0.1) is 0 Å². The maximum atomic E-state index is 11.3. The van der Waals surface area contributed by atoms with Crippen molar-refractivity contribution in [3.8, 4) is 5.75 Å². The van der Waals surface area contributed by atoms with Crippen LogP contribution in [0.15, 0.2) is 111 Å². The fourth-order valence-electron chi connectivity index (χ4n) is 3.50. The van der Waals surface area contributed by atoms with Gasteiger partial charge in [0.25, 0.3) is 0 Å². The molecule has 0 amide bonds. The van der Waals surface area contributed by atoms with Gasteiger partial charge in [-0.3, -0.25) is 0 Å². The molecule has 0 aliphatic heterocycles. The first-order valence-corrected chi connectivity index (χ1v) is 11.5. The lowest BCUT2D eigenvalue weighted by molar-refractivity contribution is -0.138. The number of hydrogen-bond donors (Lipinski definition) is 0. The summed E-state index contributed by atoms with van der Waals surface area (Å²) in [5.74, 6) is -0.157. The standard InChI is InChI=1S/C30H29NO5/c1-4-29(32)35-21-19-23-7-11-25(12-8-23)31(27-15-17-28(18-16-27)34-6-3)26-13-9-24(10-14-26)20-22-36-30(33)5-2/h4-18H,1-3,19-22H2. The molecule has 184 valence electrons. The van der Waals surface area contributed by atoms with E-state index in [1.54, 1.807) is 0 Å². The first kappa shape index (κ1) is 26.0. The number of benzene rings is 3. The van der Waals surface area contributed by atoms with Crippen molar-refractivity contribution in [3.05, 3.63) is 122 Å². The molecule has 6 nitrogen and oxygen atoms in total. The number of anilines is 3. The van der Waals surface area contributed by atoms with Gasteiger partial charge in [-0.2, -0.15) is 0 Å². The molecule has 0 atom stereocenters. The quantitative estimate of drug-likeness (QED) is 0.163. The van der Waals surface area contributed by atoms with E-state index in [-0.39, 0.29) is 0 Å². The summed E-state index contributed by atoms with van der Waals surface area (Å²) in [5.41, 5.74) is 4.98. The minimum absolute atomic E-state index is 0.294. The predicted molar refractivity (Wildman–Crippen MR) is 142 cm³/mol. The van der Waals surface area contributed by atoms with Crippen LogP contribution in [0.4, 0.5) is 17.1 Å². The highest BCUT2D eigenvalue weighted by Gasteiger charge is 2.13. The van der Waals surface area contributed by atoms with Crippen LogP contribution < -0.4 is 9.64 Å². The topological polar surface area (TPSA) is 65.1 Å². The number of nitrogens with zero attached hydrogens (tertiary/aromatic N) is 1. The molecule has 36 heavy (non-hydrogen) atoms. The van der Waals surface area contributed by atoms with Crippen LogP contribution in [0.3, 0.4) is 0 Å². The molecule has 0 aliphatic rings. The van der Waals surface area contributed by atoms with E-state index in [1.165, 1.54) is 6.26 Å². The van der Waals surface area contributed by atoms with E-state index in [0.717, 1.165) is 40.3 Å². The lowest BCUT2D eigenvalue weighted by Gasteiger charge is -2.26. The molecule has 0 aliphatic carbocycles.